The third-order valence-electron chi connectivity index (χ3n) is 6.52. The lowest BCUT2D eigenvalue weighted by atomic mass is 9.85. The summed E-state index contributed by atoms with van der Waals surface area (Å²) in [5.74, 6) is -0.941. The number of carbonyl (C=O) groups is 3. The molecule has 2 saturated heterocycles. The molecule has 2 aliphatic rings. The lowest BCUT2D eigenvalue weighted by Crippen LogP contribution is -2.56. The molecule has 2 heterocycles. The van der Waals surface area contributed by atoms with Crippen LogP contribution in [0.2, 0.25) is 0 Å². The van der Waals surface area contributed by atoms with Crippen LogP contribution in [-0.4, -0.2) is 66.8 Å². The zero-order valence-corrected chi connectivity index (χ0v) is 21.3. The zero-order valence-electron chi connectivity index (χ0n) is 21.3. The Morgan fingerprint density at radius 1 is 1.00 bits per heavy atom. The van der Waals surface area contributed by atoms with Crippen molar-refractivity contribution in [2.75, 3.05) is 26.2 Å². The molecule has 8 heteroatoms. The van der Waals surface area contributed by atoms with E-state index in [0.29, 0.717) is 26.1 Å². The van der Waals surface area contributed by atoms with E-state index in [0.717, 1.165) is 25.7 Å². The van der Waals surface area contributed by atoms with Crippen LogP contribution in [0, 0.1) is 5.41 Å². The van der Waals surface area contributed by atoms with Gasteiger partial charge in [0.15, 0.2) is 5.79 Å². The van der Waals surface area contributed by atoms with Gasteiger partial charge < -0.3 is 25.0 Å². The van der Waals surface area contributed by atoms with Crippen molar-refractivity contribution in [3.63, 3.8) is 0 Å². The van der Waals surface area contributed by atoms with Gasteiger partial charge in [-0.05, 0) is 33.1 Å². The second-order valence-electron chi connectivity index (χ2n) is 10.6. The summed E-state index contributed by atoms with van der Waals surface area (Å²) < 4.78 is 11.5. The van der Waals surface area contributed by atoms with E-state index >= 15 is 0 Å². The summed E-state index contributed by atoms with van der Waals surface area (Å²) in [6.45, 7) is 11.5. The predicted octanol–water partition coefficient (Wildman–Crippen LogP) is 3.14. The molecule has 2 aliphatic heterocycles. The molecule has 2 rings (SSSR count). The number of nitrogens with zero attached hydrogens (tertiary/aromatic N) is 1. The van der Waals surface area contributed by atoms with E-state index in [-0.39, 0.29) is 36.7 Å². The Kier molecular flexibility index (Phi) is 10.6. The molecular formula is C25H45N3O5. The molecule has 0 aromatic heterocycles. The zero-order chi connectivity index (χ0) is 24.5. The van der Waals surface area contributed by atoms with Gasteiger partial charge >= 0.3 is 0 Å². The van der Waals surface area contributed by atoms with Crippen LogP contribution in [0.15, 0.2) is 0 Å². The van der Waals surface area contributed by atoms with Crippen molar-refractivity contribution in [2.45, 2.75) is 110 Å². The summed E-state index contributed by atoms with van der Waals surface area (Å²) >= 11 is 0. The number of hydrogen-bond donors (Lipinski definition) is 2. The Morgan fingerprint density at radius 2 is 1.73 bits per heavy atom. The number of hydrogen-bond acceptors (Lipinski definition) is 5. The summed E-state index contributed by atoms with van der Waals surface area (Å²) in [5, 5.41) is 5.87. The standard InChI is InChI=1S/C25H45N3O5/c1-6-7-8-9-10-13-20(29)27-17-19-12-11-16-28(19)21(30)14-15-26-23(31)22-24(2,3)18-32-25(4,5)33-22/h19,22H,6-18H2,1-5H3,(H,26,31)(H,27,29). The molecule has 2 unspecified atom stereocenters. The molecule has 190 valence electrons. The molecule has 2 N–H and O–H groups in total. The number of rotatable bonds is 12. The van der Waals surface area contributed by atoms with E-state index in [1.165, 1.54) is 19.3 Å². The number of ether oxygens (including phenoxy) is 2. The van der Waals surface area contributed by atoms with E-state index < -0.39 is 17.3 Å². The Balaban J connectivity index is 1.71. The molecule has 0 bridgehead atoms. The fourth-order valence-electron chi connectivity index (χ4n) is 4.44. The Hall–Kier alpha value is -1.67. The molecule has 0 aliphatic carbocycles. The first-order chi connectivity index (χ1) is 15.6. The van der Waals surface area contributed by atoms with Crippen molar-refractivity contribution < 1.29 is 23.9 Å². The first kappa shape index (κ1) is 27.6. The van der Waals surface area contributed by atoms with Crippen molar-refractivity contribution in [1.29, 1.82) is 0 Å². The topological polar surface area (TPSA) is 97.0 Å². The fraction of sp³-hybridized carbons (Fsp3) is 0.880. The van der Waals surface area contributed by atoms with Gasteiger partial charge in [-0.25, -0.2) is 0 Å². The van der Waals surface area contributed by atoms with Crippen LogP contribution >= 0.6 is 0 Å². The van der Waals surface area contributed by atoms with Gasteiger partial charge in [0.05, 0.1) is 6.61 Å². The average molecular weight is 468 g/mol. The van der Waals surface area contributed by atoms with Gasteiger partial charge in [0.1, 0.15) is 6.10 Å². The maximum atomic E-state index is 12.8. The molecule has 0 radical (unpaired) electrons. The monoisotopic (exact) mass is 467 g/mol. The van der Waals surface area contributed by atoms with Crippen molar-refractivity contribution in [3.8, 4) is 0 Å². The highest BCUT2D eigenvalue weighted by atomic mass is 16.7. The molecular weight excluding hydrogens is 422 g/mol. The molecule has 0 spiro atoms. The van der Waals surface area contributed by atoms with Gasteiger partial charge in [0.2, 0.25) is 17.7 Å². The summed E-state index contributed by atoms with van der Waals surface area (Å²) in [5.41, 5.74) is -0.447. The lowest BCUT2D eigenvalue weighted by molar-refractivity contribution is -0.304. The maximum Gasteiger partial charge on any atom is 0.249 e. The number of amides is 3. The highest BCUT2D eigenvalue weighted by molar-refractivity contribution is 5.83. The lowest BCUT2D eigenvalue weighted by Gasteiger charge is -2.44. The molecule has 2 atom stereocenters. The van der Waals surface area contributed by atoms with Gasteiger partial charge in [0, 0.05) is 43.9 Å². The third kappa shape index (κ3) is 8.89. The van der Waals surface area contributed by atoms with E-state index in [1.807, 2.05) is 18.7 Å². The number of nitrogens with one attached hydrogen (secondary N) is 2. The normalized spacial score (nSPS) is 23.8. The van der Waals surface area contributed by atoms with E-state index in [4.69, 9.17) is 9.47 Å². The molecule has 2 fully saturated rings. The molecule has 8 nitrogen and oxygen atoms in total. The Bertz CT molecular complexity index is 664. The molecule has 3 amide bonds. The van der Waals surface area contributed by atoms with Crippen LogP contribution in [0.25, 0.3) is 0 Å². The van der Waals surface area contributed by atoms with Crippen LogP contribution in [0.1, 0.15) is 92.4 Å². The second kappa shape index (κ2) is 12.7. The quantitative estimate of drug-likeness (QED) is 0.430. The maximum absolute atomic E-state index is 12.8. The van der Waals surface area contributed by atoms with Crippen LogP contribution < -0.4 is 10.6 Å². The summed E-state index contributed by atoms with van der Waals surface area (Å²) in [6, 6.07) is 0.0378. The molecule has 0 saturated carbocycles. The highest BCUT2D eigenvalue weighted by Gasteiger charge is 2.45. The molecule has 0 aromatic carbocycles. The van der Waals surface area contributed by atoms with Gasteiger partial charge in [-0.2, -0.15) is 0 Å². The van der Waals surface area contributed by atoms with Gasteiger partial charge in [-0.1, -0.05) is 46.5 Å². The minimum absolute atomic E-state index is 0.0131. The van der Waals surface area contributed by atoms with E-state index in [1.54, 1.807) is 13.8 Å². The number of carbonyl (C=O) groups excluding carboxylic acids is 3. The molecule has 0 aromatic rings. The predicted molar refractivity (Wildman–Crippen MR) is 127 cm³/mol. The summed E-state index contributed by atoms with van der Waals surface area (Å²) in [4.78, 5) is 39.5. The van der Waals surface area contributed by atoms with E-state index in [2.05, 4.69) is 17.6 Å². The van der Waals surface area contributed by atoms with Gasteiger partial charge in [-0.15, -0.1) is 0 Å². The summed E-state index contributed by atoms with van der Waals surface area (Å²) in [7, 11) is 0. The Morgan fingerprint density at radius 3 is 2.45 bits per heavy atom. The largest absolute Gasteiger partial charge is 0.354 e. The van der Waals surface area contributed by atoms with Crippen molar-refractivity contribution in [2.24, 2.45) is 5.41 Å². The van der Waals surface area contributed by atoms with Crippen molar-refractivity contribution >= 4 is 17.7 Å². The summed E-state index contributed by atoms with van der Waals surface area (Å²) in [6.07, 6.45) is 7.61. The van der Waals surface area contributed by atoms with Crippen molar-refractivity contribution in [1.82, 2.24) is 15.5 Å². The average Bonchev–Trinajstić information content (AvgIpc) is 3.22. The van der Waals surface area contributed by atoms with Crippen LogP contribution in [0.5, 0.6) is 0 Å². The highest BCUT2D eigenvalue weighted by Crippen LogP contribution is 2.34. The SMILES string of the molecule is CCCCCCCC(=O)NCC1CCCN1C(=O)CCNC(=O)C1OC(C)(C)OCC1(C)C. The van der Waals surface area contributed by atoms with Gasteiger partial charge in [0.25, 0.3) is 0 Å². The Labute approximate surface area is 199 Å². The minimum Gasteiger partial charge on any atom is -0.354 e. The third-order valence-corrected chi connectivity index (χ3v) is 6.52. The van der Waals surface area contributed by atoms with Crippen LogP contribution in [-0.2, 0) is 23.9 Å². The number of likely N-dealkylation sites (tertiary alicyclic amines) is 1. The van der Waals surface area contributed by atoms with Crippen molar-refractivity contribution in [3.05, 3.63) is 0 Å². The minimum atomic E-state index is -0.809. The first-order valence-corrected chi connectivity index (χ1v) is 12.7. The fourth-order valence-corrected chi connectivity index (χ4v) is 4.44. The molecule has 33 heavy (non-hydrogen) atoms. The number of unbranched alkanes of at least 4 members (excludes halogenated alkanes) is 4. The smallest absolute Gasteiger partial charge is 0.249 e. The second-order valence-corrected chi connectivity index (χ2v) is 10.6. The van der Waals surface area contributed by atoms with E-state index in [9.17, 15) is 14.4 Å². The van der Waals surface area contributed by atoms with Gasteiger partial charge in [-0.3, -0.25) is 14.4 Å². The van der Waals surface area contributed by atoms with Crippen LogP contribution in [0.3, 0.4) is 0 Å². The van der Waals surface area contributed by atoms with Crippen LogP contribution in [0.4, 0.5) is 0 Å². The first-order valence-electron chi connectivity index (χ1n) is 12.7.